The number of benzene rings is 4. The van der Waals surface area contributed by atoms with E-state index in [0.717, 1.165) is 57.0 Å². The van der Waals surface area contributed by atoms with Crippen LogP contribution in [0.3, 0.4) is 0 Å². The molecular weight excluding hydrogens is 508 g/mol. The van der Waals surface area contributed by atoms with Gasteiger partial charge in [0.1, 0.15) is 5.75 Å². The van der Waals surface area contributed by atoms with E-state index in [-0.39, 0.29) is 6.04 Å². The highest BCUT2D eigenvalue weighted by Crippen LogP contribution is 2.48. The summed E-state index contributed by atoms with van der Waals surface area (Å²) in [5.41, 5.74) is 8.08. The number of aryl methyl sites for hydroxylation is 2. The van der Waals surface area contributed by atoms with Crippen molar-refractivity contribution >= 4 is 34.6 Å². The molecule has 4 aromatic carbocycles. The molecule has 7 nitrogen and oxygen atoms in total. The van der Waals surface area contributed by atoms with Gasteiger partial charge in [-0.1, -0.05) is 54.6 Å². The number of rotatable bonds is 5. The summed E-state index contributed by atoms with van der Waals surface area (Å²) in [4.78, 5) is 12.7. The summed E-state index contributed by atoms with van der Waals surface area (Å²) in [5, 5.41) is 8.60. The molecule has 0 unspecified atom stereocenters. The first-order valence-electron chi connectivity index (χ1n) is 13.9. The van der Waals surface area contributed by atoms with Crippen molar-refractivity contribution in [3.05, 3.63) is 126 Å². The molecule has 0 saturated carbocycles. The van der Waals surface area contributed by atoms with Crippen LogP contribution in [0.25, 0.3) is 5.69 Å². The van der Waals surface area contributed by atoms with Gasteiger partial charge in [-0.25, -0.2) is 14.7 Å². The van der Waals surface area contributed by atoms with Crippen molar-refractivity contribution < 1.29 is 4.74 Å². The maximum atomic E-state index is 5.78. The summed E-state index contributed by atoms with van der Waals surface area (Å²) in [5.74, 6) is 3.08. The first kappa shape index (κ1) is 24.8. The van der Waals surface area contributed by atoms with Crippen molar-refractivity contribution in [2.45, 2.75) is 26.8 Å². The normalized spacial score (nSPS) is 15.3. The molecule has 202 valence electrons. The lowest BCUT2D eigenvalue weighted by molar-refractivity contribution is 0.340. The molecule has 5 aromatic rings. The number of nitrogens with one attached hydrogen (secondary N) is 1. The number of aliphatic imine (C=N–C) groups is 2. The zero-order valence-electron chi connectivity index (χ0n) is 23.2. The Kier molecular flexibility index (Phi) is 6.12. The summed E-state index contributed by atoms with van der Waals surface area (Å²) in [7, 11) is 0. The monoisotopic (exact) mass is 538 g/mol. The minimum absolute atomic E-state index is 0.184. The van der Waals surface area contributed by atoms with Crippen molar-refractivity contribution in [1.82, 2.24) is 9.78 Å². The Morgan fingerprint density at radius 1 is 0.829 bits per heavy atom. The highest BCUT2D eigenvalue weighted by atomic mass is 16.5. The summed E-state index contributed by atoms with van der Waals surface area (Å²) in [6.07, 6.45) is 0. The highest BCUT2D eigenvalue weighted by Gasteiger charge is 2.41. The van der Waals surface area contributed by atoms with Crippen LogP contribution in [0.5, 0.6) is 5.75 Å². The zero-order chi connectivity index (χ0) is 27.9. The average molecular weight is 539 g/mol. The van der Waals surface area contributed by atoms with Gasteiger partial charge in [0, 0.05) is 11.3 Å². The van der Waals surface area contributed by atoms with E-state index in [2.05, 4.69) is 84.7 Å². The summed E-state index contributed by atoms with van der Waals surface area (Å²) >= 11 is 0. The maximum absolute atomic E-state index is 5.78. The Bertz CT molecular complexity index is 1800. The van der Waals surface area contributed by atoms with Crippen LogP contribution < -0.4 is 15.0 Å². The second-order valence-electron chi connectivity index (χ2n) is 10.2. The van der Waals surface area contributed by atoms with Crippen LogP contribution in [0.1, 0.15) is 35.3 Å². The summed E-state index contributed by atoms with van der Waals surface area (Å²) < 4.78 is 7.72. The molecule has 0 radical (unpaired) electrons. The second-order valence-corrected chi connectivity index (χ2v) is 10.2. The van der Waals surface area contributed by atoms with Crippen LogP contribution in [0.15, 0.2) is 113 Å². The van der Waals surface area contributed by atoms with E-state index in [9.17, 15) is 0 Å². The standard InChI is InChI=1S/C34H30N6O/c1-4-41-27-19-17-24(18-20-27)31-30-23(3)38-40(26-13-6-5-7-14-26)33(30)37-34-32(35-25-12-10-11-22(2)21-25)36-28-15-8-9-16-29(28)39(31)34/h5-21,31H,4H2,1-3H3,(H,35,36)/t31-/m1/s1. The van der Waals surface area contributed by atoms with Crippen LogP contribution in [-0.4, -0.2) is 28.1 Å². The fourth-order valence-electron chi connectivity index (χ4n) is 5.63. The lowest BCUT2D eigenvalue weighted by atomic mass is 9.93. The minimum atomic E-state index is -0.184. The van der Waals surface area contributed by atoms with Crippen molar-refractivity contribution in [3.8, 4) is 11.4 Å². The number of aromatic nitrogens is 2. The van der Waals surface area contributed by atoms with E-state index in [0.29, 0.717) is 12.4 Å². The number of anilines is 2. The maximum Gasteiger partial charge on any atom is 0.179 e. The Labute approximate surface area is 239 Å². The first-order chi connectivity index (χ1) is 20.1. The number of nitrogens with zero attached hydrogens (tertiary/aromatic N) is 5. The largest absolute Gasteiger partial charge is 0.494 e. The van der Waals surface area contributed by atoms with E-state index in [1.165, 1.54) is 5.56 Å². The number of fused-ring (bicyclic) bond motifs is 4. The third-order valence-electron chi connectivity index (χ3n) is 7.43. The van der Waals surface area contributed by atoms with Gasteiger partial charge in [0.05, 0.1) is 35.4 Å². The molecule has 1 aromatic heterocycles. The van der Waals surface area contributed by atoms with Crippen molar-refractivity contribution in [2.24, 2.45) is 9.98 Å². The topological polar surface area (TPSA) is 67.0 Å². The van der Waals surface area contributed by atoms with E-state index >= 15 is 0 Å². The smallest absolute Gasteiger partial charge is 0.179 e. The Morgan fingerprint density at radius 3 is 2.39 bits per heavy atom. The van der Waals surface area contributed by atoms with Gasteiger partial charge in [0.2, 0.25) is 0 Å². The molecule has 0 aliphatic carbocycles. The summed E-state index contributed by atoms with van der Waals surface area (Å²) in [6, 6.07) is 34.9. The third kappa shape index (κ3) is 4.36. The molecule has 2 aliphatic heterocycles. The molecule has 7 rings (SSSR count). The predicted octanol–water partition coefficient (Wildman–Crippen LogP) is 7.68. The van der Waals surface area contributed by atoms with Gasteiger partial charge >= 0.3 is 0 Å². The fraction of sp³-hybridized carbons (Fsp3) is 0.147. The van der Waals surface area contributed by atoms with E-state index in [4.69, 9.17) is 19.8 Å². The predicted molar refractivity (Wildman–Crippen MR) is 166 cm³/mol. The molecule has 7 heteroatoms. The van der Waals surface area contributed by atoms with Crippen molar-refractivity contribution in [3.63, 3.8) is 0 Å². The molecule has 3 heterocycles. The SMILES string of the molecule is CCOc1ccc([C@@H]2c3c(C)nn(-c4ccccc4)c3N=C3C(Nc4cccc(C)c4)=Nc4ccccc4N32)cc1. The zero-order valence-corrected chi connectivity index (χ0v) is 23.2. The van der Waals surface area contributed by atoms with E-state index in [1.54, 1.807) is 0 Å². The van der Waals surface area contributed by atoms with E-state index in [1.807, 2.05) is 54.1 Å². The molecule has 1 atom stereocenters. The number of para-hydroxylation sites is 3. The van der Waals surface area contributed by atoms with Crippen LogP contribution in [-0.2, 0) is 0 Å². The van der Waals surface area contributed by atoms with Crippen LogP contribution in [0.4, 0.5) is 22.9 Å². The molecule has 0 amide bonds. The van der Waals surface area contributed by atoms with Crippen LogP contribution >= 0.6 is 0 Å². The van der Waals surface area contributed by atoms with Crippen molar-refractivity contribution in [1.29, 1.82) is 0 Å². The fourth-order valence-corrected chi connectivity index (χ4v) is 5.63. The second kappa shape index (κ2) is 10.1. The Hall–Kier alpha value is -5.17. The lowest BCUT2D eigenvalue weighted by Gasteiger charge is -2.40. The highest BCUT2D eigenvalue weighted by molar-refractivity contribution is 6.51. The lowest BCUT2D eigenvalue weighted by Crippen LogP contribution is -2.46. The number of hydrogen-bond donors (Lipinski definition) is 1. The first-order valence-corrected chi connectivity index (χ1v) is 13.9. The van der Waals surface area contributed by atoms with Gasteiger partial charge in [0.25, 0.3) is 0 Å². The van der Waals surface area contributed by atoms with Gasteiger partial charge < -0.3 is 15.0 Å². The summed E-state index contributed by atoms with van der Waals surface area (Å²) in [6.45, 7) is 6.77. The van der Waals surface area contributed by atoms with Gasteiger partial charge in [-0.05, 0) is 80.4 Å². The quantitative estimate of drug-likeness (QED) is 0.249. The van der Waals surface area contributed by atoms with Gasteiger partial charge in [-0.2, -0.15) is 5.10 Å². The molecule has 1 N–H and O–H groups in total. The average Bonchev–Trinajstić information content (AvgIpc) is 3.33. The number of amidine groups is 2. The van der Waals surface area contributed by atoms with Crippen molar-refractivity contribution in [2.75, 3.05) is 16.8 Å². The Balaban J connectivity index is 1.47. The molecule has 0 bridgehead atoms. The molecule has 2 aliphatic rings. The molecule has 0 fully saturated rings. The van der Waals surface area contributed by atoms with Gasteiger partial charge in [-0.3, -0.25) is 0 Å². The van der Waals surface area contributed by atoms with Gasteiger partial charge in [0.15, 0.2) is 17.5 Å². The number of ether oxygens (including phenoxy) is 1. The third-order valence-corrected chi connectivity index (χ3v) is 7.43. The van der Waals surface area contributed by atoms with Crippen LogP contribution in [0, 0.1) is 13.8 Å². The van der Waals surface area contributed by atoms with E-state index < -0.39 is 0 Å². The Morgan fingerprint density at radius 2 is 1.61 bits per heavy atom. The molecular formula is C34H30N6O. The minimum Gasteiger partial charge on any atom is -0.494 e. The molecule has 0 spiro atoms. The molecule has 41 heavy (non-hydrogen) atoms. The van der Waals surface area contributed by atoms with Crippen LogP contribution in [0.2, 0.25) is 0 Å². The number of hydrogen-bond acceptors (Lipinski definition) is 6. The van der Waals surface area contributed by atoms with Gasteiger partial charge in [-0.15, -0.1) is 0 Å². The molecule has 0 saturated heterocycles.